The van der Waals surface area contributed by atoms with Crippen LogP contribution in [0.2, 0.25) is 0 Å². The van der Waals surface area contributed by atoms with Gasteiger partial charge in [0.05, 0.1) is 20.3 Å². The van der Waals surface area contributed by atoms with E-state index in [-0.39, 0.29) is 12.0 Å². The van der Waals surface area contributed by atoms with E-state index in [1.807, 2.05) is 24.3 Å². The SMILES string of the molecule is CCCNC(CCOc1ccccc1OC)C(=O)OCC. The highest BCUT2D eigenvalue weighted by atomic mass is 16.5. The van der Waals surface area contributed by atoms with E-state index in [2.05, 4.69) is 12.2 Å². The maximum Gasteiger partial charge on any atom is 0.323 e. The normalized spacial score (nSPS) is 11.8. The number of hydrogen-bond donors (Lipinski definition) is 1. The molecular formula is C16H25NO4. The lowest BCUT2D eigenvalue weighted by atomic mass is 10.2. The topological polar surface area (TPSA) is 56.8 Å². The van der Waals surface area contributed by atoms with Crippen molar-refractivity contribution in [1.82, 2.24) is 5.32 Å². The molecule has 1 N–H and O–H groups in total. The van der Waals surface area contributed by atoms with Crippen molar-refractivity contribution in [2.24, 2.45) is 0 Å². The number of rotatable bonds is 10. The first-order chi connectivity index (χ1) is 10.2. The molecule has 118 valence electrons. The Morgan fingerprint density at radius 3 is 2.57 bits per heavy atom. The van der Waals surface area contributed by atoms with Crippen molar-refractivity contribution in [2.45, 2.75) is 32.7 Å². The van der Waals surface area contributed by atoms with Gasteiger partial charge in [0.1, 0.15) is 6.04 Å². The van der Waals surface area contributed by atoms with Gasteiger partial charge in [-0.3, -0.25) is 4.79 Å². The van der Waals surface area contributed by atoms with Crippen molar-refractivity contribution >= 4 is 5.97 Å². The Kier molecular flexibility index (Phi) is 8.28. The molecule has 0 amide bonds. The van der Waals surface area contributed by atoms with E-state index in [1.54, 1.807) is 14.0 Å². The van der Waals surface area contributed by atoms with Crippen molar-refractivity contribution in [3.8, 4) is 11.5 Å². The predicted octanol–water partition coefficient (Wildman–Crippen LogP) is 2.40. The van der Waals surface area contributed by atoms with Crippen LogP contribution in [0.3, 0.4) is 0 Å². The lowest BCUT2D eigenvalue weighted by Gasteiger charge is -2.17. The Hall–Kier alpha value is -1.75. The molecule has 1 atom stereocenters. The standard InChI is InChI=1S/C16H25NO4/c1-4-11-17-13(16(18)20-5-2)10-12-21-15-9-7-6-8-14(15)19-3/h6-9,13,17H,4-5,10-12H2,1-3H3. The average molecular weight is 295 g/mol. The molecule has 0 spiro atoms. The Morgan fingerprint density at radius 1 is 1.24 bits per heavy atom. The number of esters is 1. The molecule has 1 unspecified atom stereocenters. The van der Waals surface area contributed by atoms with Crippen molar-refractivity contribution in [2.75, 3.05) is 26.9 Å². The third-order valence-corrected chi connectivity index (χ3v) is 2.95. The van der Waals surface area contributed by atoms with Crippen LogP contribution in [0.4, 0.5) is 0 Å². The number of carbonyl (C=O) groups is 1. The van der Waals surface area contributed by atoms with Gasteiger partial charge in [-0.25, -0.2) is 0 Å². The van der Waals surface area contributed by atoms with Gasteiger partial charge in [0.2, 0.25) is 0 Å². The smallest absolute Gasteiger partial charge is 0.323 e. The zero-order chi connectivity index (χ0) is 15.5. The predicted molar refractivity (Wildman–Crippen MR) is 81.8 cm³/mol. The highest BCUT2D eigenvalue weighted by molar-refractivity contribution is 5.75. The lowest BCUT2D eigenvalue weighted by Crippen LogP contribution is -2.39. The molecule has 1 aromatic rings. The van der Waals surface area contributed by atoms with Crippen LogP contribution in [-0.2, 0) is 9.53 Å². The quantitative estimate of drug-likeness (QED) is 0.672. The zero-order valence-electron chi connectivity index (χ0n) is 13.1. The van der Waals surface area contributed by atoms with E-state index in [4.69, 9.17) is 14.2 Å². The van der Waals surface area contributed by atoms with Crippen LogP contribution in [0.5, 0.6) is 11.5 Å². The van der Waals surface area contributed by atoms with Crippen molar-refractivity contribution in [3.63, 3.8) is 0 Å². The maximum atomic E-state index is 11.8. The average Bonchev–Trinajstić information content (AvgIpc) is 2.51. The second-order valence-electron chi connectivity index (χ2n) is 4.55. The Bertz CT molecular complexity index is 422. The largest absolute Gasteiger partial charge is 0.493 e. The molecule has 5 nitrogen and oxygen atoms in total. The molecule has 0 bridgehead atoms. The van der Waals surface area contributed by atoms with E-state index in [9.17, 15) is 4.79 Å². The van der Waals surface area contributed by atoms with Gasteiger partial charge in [-0.2, -0.15) is 0 Å². The molecule has 0 aromatic heterocycles. The van der Waals surface area contributed by atoms with Gasteiger partial charge in [0.15, 0.2) is 11.5 Å². The highest BCUT2D eigenvalue weighted by Crippen LogP contribution is 2.25. The second-order valence-corrected chi connectivity index (χ2v) is 4.55. The highest BCUT2D eigenvalue weighted by Gasteiger charge is 2.19. The van der Waals surface area contributed by atoms with Crippen LogP contribution < -0.4 is 14.8 Å². The van der Waals surface area contributed by atoms with E-state index in [0.29, 0.717) is 31.1 Å². The van der Waals surface area contributed by atoms with E-state index in [1.165, 1.54) is 0 Å². The molecule has 0 saturated carbocycles. The summed E-state index contributed by atoms with van der Waals surface area (Å²) in [5.74, 6) is 1.14. The van der Waals surface area contributed by atoms with Crippen molar-refractivity contribution in [3.05, 3.63) is 24.3 Å². The maximum absolute atomic E-state index is 11.8. The first-order valence-electron chi connectivity index (χ1n) is 7.38. The summed E-state index contributed by atoms with van der Waals surface area (Å²) in [6.45, 7) is 5.44. The number of methoxy groups -OCH3 is 1. The Morgan fingerprint density at radius 2 is 1.95 bits per heavy atom. The van der Waals surface area contributed by atoms with Crippen molar-refractivity contribution < 1.29 is 19.0 Å². The summed E-state index contributed by atoms with van der Waals surface area (Å²) in [5.41, 5.74) is 0. The molecule has 5 heteroatoms. The lowest BCUT2D eigenvalue weighted by molar-refractivity contribution is -0.146. The molecular weight excluding hydrogens is 270 g/mol. The molecule has 0 saturated heterocycles. The molecule has 0 aliphatic heterocycles. The fourth-order valence-corrected chi connectivity index (χ4v) is 1.89. The number of para-hydroxylation sites is 2. The minimum absolute atomic E-state index is 0.227. The fraction of sp³-hybridized carbons (Fsp3) is 0.562. The third kappa shape index (κ3) is 6.04. The molecule has 0 radical (unpaired) electrons. The summed E-state index contributed by atoms with van der Waals surface area (Å²) in [6, 6.07) is 7.12. The van der Waals surface area contributed by atoms with E-state index >= 15 is 0 Å². The van der Waals surface area contributed by atoms with E-state index < -0.39 is 0 Å². The van der Waals surface area contributed by atoms with Gasteiger partial charge in [-0.05, 0) is 32.0 Å². The fourth-order valence-electron chi connectivity index (χ4n) is 1.89. The minimum atomic E-state index is -0.334. The number of nitrogens with one attached hydrogen (secondary N) is 1. The summed E-state index contributed by atoms with van der Waals surface area (Å²) in [6.07, 6.45) is 1.51. The molecule has 0 aliphatic rings. The number of benzene rings is 1. The summed E-state index contributed by atoms with van der Waals surface area (Å²) in [7, 11) is 1.60. The summed E-state index contributed by atoms with van der Waals surface area (Å²) in [4.78, 5) is 11.8. The molecule has 0 heterocycles. The molecule has 0 aliphatic carbocycles. The summed E-state index contributed by atoms with van der Waals surface area (Å²) >= 11 is 0. The Balaban J connectivity index is 2.50. The second kappa shape index (κ2) is 10.0. The van der Waals surface area contributed by atoms with Gasteiger partial charge in [0, 0.05) is 6.42 Å². The van der Waals surface area contributed by atoms with Crippen LogP contribution in [-0.4, -0.2) is 38.9 Å². The molecule has 0 fully saturated rings. The van der Waals surface area contributed by atoms with Crippen molar-refractivity contribution in [1.29, 1.82) is 0 Å². The van der Waals surface area contributed by atoms with Gasteiger partial charge >= 0.3 is 5.97 Å². The van der Waals surface area contributed by atoms with Crippen LogP contribution in [0.1, 0.15) is 26.7 Å². The number of ether oxygens (including phenoxy) is 3. The zero-order valence-corrected chi connectivity index (χ0v) is 13.1. The van der Waals surface area contributed by atoms with Gasteiger partial charge < -0.3 is 19.5 Å². The van der Waals surface area contributed by atoms with Gasteiger partial charge in [-0.1, -0.05) is 19.1 Å². The third-order valence-electron chi connectivity index (χ3n) is 2.95. The minimum Gasteiger partial charge on any atom is -0.493 e. The van der Waals surface area contributed by atoms with Crippen LogP contribution in [0, 0.1) is 0 Å². The van der Waals surface area contributed by atoms with Crippen LogP contribution in [0.15, 0.2) is 24.3 Å². The van der Waals surface area contributed by atoms with Gasteiger partial charge in [0.25, 0.3) is 0 Å². The monoisotopic (exact) mass is 295 g/mol. The first kappa shape index (κ1) is 17.3. The van der Waals surface area contributed by atoms with E-state index in [0.717, 1.165) is 13.0 Å². The molecule has 1 aromatic carbocycles. The van der Waals surface area contributed by atoms with Gasteiger partial charge in [-0.15, -0.1) is 0 Å². The number of hydrogen-bond acceptors (Lipinski definition) is 5. The summed E-state index contributed by atoms with van der Waals surface area (Å²) in [5, 5.41) is 3.18. The Labute approximate surface area is 126 Å². The number of carbonyl (C=O) groups excluding carboxylic acids is 1. The molecule has 21 heavy (non-hydrogen) atoms. The van der Waals surface area contributed by atoms with Crippen LogP contribution >= 0.6 is 0 Å². The first-order valence-corrected chi connectivity index (χ1v) is 7.38. The summed E-state index contributed by atoms with van der Waals surface area (Å²) < 4.78 is 16.0. The molecule has 1 rings (SSSR count). The van der Waals surface area contributed by atoms with Crippen LogP contribution in [0.25, 0.3) is 0 Å².